The average molecular weight is 318 g/mol. The van der Waals surface area contributed by atoms with Crippen LogP contribution in [0.15, 0.2) is 15.8 Å². The Labute approximate surface area is 125 Å². The smallest absolute Gasteiger partial charge is 0.328 e. The highest BCUT2D eigenvalue weighted by molar-refractivity contribution is 5.04. The number of nitrogens with one attached hydrogen (secondary N) is 1. The molecule has 4 atom stereocenters. The van der Waals surface area contributed by atoms with Crippen LogP contribution in [0.25, 0.3) is 0 Å². The highest BCUT2D eigenvalue weighted by Gasteiger charge is 2.41. The maximum Gasteiger partial charge on any atom is 0.328 e. The number of hydrogen-bond donors (Lipinski definition) is 3. The van der Waals surface area contributed by atoms with E-state index in [4.69, 9.17) is 14.6 Å². The molecule has 8 nitrogen and oxygen atoms in total. The molecule has 124 valence electrons. The van der Waals surface area contributed by atoms with Crippen molar-refractivity contribution in [3.8, 4) is 0 Å². The highest BCUT2D eigenvalue weighted by Crippen LogP contribution is 2.26. The SMILES string of the molecule is Cc1cn([C@@H]2CO[C@H](CO)[C@@H](O)[C@H]2OCCF)c(=O)[nH]c1=O. The van der Waals surface area contributed by atoms with Gasteiger partial charge in [-0.25, -0.2) is 9.18 Å². The first-order valence-electron chi connectivity index (χ1n) is 6.89. The van der Waals surface area contributed by atoms with Crippen molar-refractivity contribution in [3.63, 3.8) is 0 Å². The maximum atomic E-state index is 12.4. The topological polar surface area (TPSA) is 114 Å². The third-order valence-corrected chi connectivity index (χ3v) is 3.65. The molecular weight excluding hydrogens is 299 g/mol. The van der Waals surface area contributed by atoms with E-state index in [0.29, 0.717) is 5.56 Å². The molecule has 0 amide bonds. The molecule has 1 saturated heterocycles. The Morgan fingerprint density at radius 2 is 2.27 bits per heavy atom. The van der Waals surface area contributed by atoms with Gasteiger partial charge in [-0.3, -0.25) is 14.3 Å². The number of aliphatic hydroxyl groups is 2. The van der Waals surface area contributed by atoms with E-state index >= 15 is 0 Å². The van der Waals surface area contributed by atoms with Crippen molar-refractivity contribution in [3.05, 3.63) is 32.6 Å². The third kappa shape index (κ3) is 3.27. The van der Waals surface area contributed by atoms with E-state index in [1.54, 1.807) is 0 Å². The number of ether oxygens (including phenoxy) is 2. The molecule has 2 rings (SSSR count). The number of H-pyrrole nitrogens is 1. The Balaban J connectivity index is 2.36. The van der Waals surface area contributed by atoms with Gasteiger partial charge in [0.05, 0.1) is 25.9 Å². The van der Waals surface area contributed by atoms with Crippen LogP contribution >= 0.6 is 0 Å². The monoisotopic (exact) mass is 318 g/mol. The molecular formula is C13H19FN2O6. The normalized spacial score (nSPS) is 28.7. The summed E-state index contributed by atoms with van der Waals surface area (Å²) in [5.41, 5.74) is -0.872. The first kappa shape index (κ1) is 16.8. The zero-order valence-electron chi connectivity index (χ0n) is 12.1. The third-order valence-electron chi connectivity index (χ3n) is 3.65. The number of aliphatic hydroxyl groups excluding tert-OH is 2. The predicted octanol–water partition coefficient (Wildman–Crippen LogP) is -1.51. The number of halogens is 1. The number of aryl methyl sites for hydroxylation is 1. The van der Waals surface area contributed by atoms with Crippen LogP contribution in [-0.4, -0.2) is 64.6 Å². The van der Waals surface area contributed by atoms with Crippen molar-refractivity contribution in [1.82, 2.24) is 9.55 Å². The van der Waals surface area contributed by atoms with Crippen LogP contribution in [-0.2, 0) is 9.47 Å². The van der Waals surface area contributed by atoms with Gasteiger partial charge in [-0.05, 0) is 6.92 Å². The highest BCUT2D eigenvalue weighted by atomic mass is 19.1. The Hall–Kier alpha value is -1.55. The standard InChI is InChI=1S/C13H19FN2O6/c1-7-4-16(13(20)15-12(7)19)8-6-22-9(5-17)10(18)11(8)21-3-2-14/h4,8-11,17-18H,2-3,5-6H2,1H3,(H,15,19,20)/t8-,9-,10-,11+/m1/s1. The van der Waals surface area contributed by atoms with E-state index in [1.165, 1.54) is 17.7 Å². The van der Waals surface area contributed by atoms with Crippen LogP contribution in [0.4, 0.5) is 4.39 Å². The summed E-state index contributed by atoms with van der Waals surface area (Å²) in [5, 5.41) is 19.3. The van der Waals surface area contributed by atoms with Crippen molar-refractivity contribution in [2.24, 2.45) is 0 Å². The molecule has 0 bridgehead atoms. The molecule has 1 aromatic rings. The molecule has 0 unspecified atom stereocenters. The van der Waals surface area contributed by atoms with Crippen LogP contribution in [0.1, 0.15) is 11.6 Å². The molecule has 3 N–H and O–H groups in total. The average Bonchev–Trinajstić information content (AvgIpc) is 2.49. The van der Waals surface area contributed by atoms with Crippen molar-refractivity contribution in [1.29, 1.82) is 0 Å². The number of rotatable bonds is 5. The fourth-order valence-electron chi connectivity index (χ4n) is 2.48. The van der Waals surface area contributed by atoms with Crippen LogP contribution in [0.3, 0.4) is 0 Å². The Morgan fingerprint density at radius 1 is 1.55 bits per heavy atom. The molecule has 0 spiro atoms. The fourth-order valence-corrected chi connectivity index (χ4v) is 2.48. The zero-order chi connectivity index (χ0) is 16.3. The second kappa shape index (κ2) is 7.14. The lowest BCUT2D eigenvalue weighted by molar-refractivity contribution is -0.188. The van der Waals surface area contributed by atoms with Gasteiger partial charge in [0.1, 0.15) is 25.0 Å². The number of nitrogens with zero attached hydrogens (tertiary/aromatic N) is 1. The van der Waals surface area contributed by atoms with Crippen molar-refractivity contribution in [2.75, 3.05) is 26.5 Å². The largest absolute Gasteiger partial charge is 0.394 e. The molecule has 22 heavy (non-hydrogen) atoms. The lowest BCUT2D eigenvalue weighted by Gasteiger charge is -2.40. The van der Waals surface area contributed by atoms with Gasteiger partial charge < -0.3 is 19.7 Å². The van der Waals surface area contributed by atoms with Crippen LogP contribution in [0.5, 0.6) is 0 Å². The lowest BCUT2D eigenvalue weighted by Crippen LogP contribution is -2.55. The van der Waals surface area contributed by atoms with Gasteiger partial charge in [0.25, 0.3) is 5.56 Å². The zero-order valence-corrected chi connectivity index (χ0v) is 12.1. The van der Waals surface area contributed by atoms with Crippen molar-refractivity contribution in [2.45, 2.75) is 31.3 Å². The van der Waals surface area contributed by atoms with Gasteiger partial charge in [-0.2, -0.15) is 0 Å². The van der Waals surface area contributed by atoms with Crippen LogP contribution in [0, 0.1) is 6.92 Å². The second-order valence-electron chi connectivity index (χ2n) is 5.12. The summed E-state index contributed by atoms with van der Waals surface area (Å²) in [6.45, 7) is 0.0734. The van der Waals surface area contributed by atoms with Gasteiger partial charge in [0.2, 0.25) is 0 Å². The first-order chi connectivity index (χ1) is 10.5. The van der Waals surface area contributed by atoms with E-state index in [-0.39, 0.29) is 13.2 Å². The van der Waals surface area contributed by atoms with Crippen LogP contribution in [0.2, 0.25) is 0 Å². The molecule has 0 saturated carbocycles. The number of aromatic nitrogens is 2. The van der Waals surface area contributed by atoms with Crippen LogP contribution < -0.4 is 11.2 Å². The van der Waals surface area contributed by atoms with Gasteiger partial charge in [0.15, 0.2) is 0 Å². The minimum atomic E-state index is -1.23. The van der Waals surface area contributed by atoms with Gasteiger partial charge >= 0.3 is 5.69 Å². The summed E-state index contributed by atoms with van der Waals surface area (Å²) in [5.74, 6) is 0. The molecule has 1 aliphatic heterocycles. The molecule has 1 aliphatic rings. The lowest BCUT2D eigenvalue weighted by atomic mass is 9.97. The Bertz CT molecular complexity index is 615. The van der Waals surface area contributed by atoms with E-state index in [9.17, 15) is 19.1 Å². The Kier molecular flexibility index (Phi) is 5.46. The molecule has 2 heterocycles. The first-order valence-corrected chi connectivity index (χ1v) is 6.89. The number of alkyl halides is 1. The summed E-state index contributed by atoms with van der Waals surface area (Å²) >= 11 is 0. The summed E-state index contributed by atoms with van der Waals surface area (Å²) in [7, 11) is 0. The maximum absolute atomic E-state index is 12.4. The summed E-state index contributed by atoms with van der Waals surface area (Å²) in [6.07, 6.45) is -1.70. The molecule has 1 fully saturated rings. The number of aromatic amines is 1. The molecule has 9 heteroatoms. The summed E-state index contributed by atoms with van der Waals surface area (Å²) in [4.78, 5) is 25.5. The molecule has 0 aromatic carbocycles. The van der Waals surface area contributed by atoms with Crippen molar-refractivity contribution < 1.29 is 24.1 Å². The van der Waals surface area contributed by atoms with Crippen molar-refractivity contribution >= 4 is 0 Å². The minimum absolute atomic E-state index is 0.0232. The van der Waals surface area contributed by atoms with E-state index in [1.807, 2.05) is 0 Å². The second-order valence-corrected chi connectivity index (χ2v) is 5.12. The predicted molar refractivity (Wildman–Crippen MR) is 73.6 cm³/mol. The Morgan fingerprint density at radius 3 is 2.91 bits per heavy atom. The van der Waals surface area contributed by atoms with Gasteiger partial charge in [-0.1, -0.05) is 0 Å². The summed E-state index contributed by atoms with van der Waals surface area (Å²) < 4.78 is 24.2. The molecule has 1 aromatic heterocycles. The summed E-state index contributed by atoms with van der Waals surface area (Å²) in [6, 6.07) is -0.743. The van der Waals surface area contributed by atoms with Gasteiger partial charge in [0, 0.05) is 11.8 Å². The molecule has 0 radical (unpaired) electrons. The van der Waals surface area contributed by atoms with E-state index in [0.717, 1.165) is 0 Å². The van der Waals surface area contributed by atoms with Gasteiger partial charge in [-0.15, -0.1) is 0 Å². The molecule has 0 aliphatic carbocycles. The van der Waals surface area contributed by atoms with E-state index in [2.05, 4.69) is 4.98 Å². The van der Waals surface area contributed by atoms with E-state index < -0.39 is 48.9 Å². The minimum Gasteiger partial charge on any atom is -0.394 e. The fraction of sp³-hybridized carbons (Fsp3) is 0.692. The quantitative estimate of drug-likeness (QED) is 0.608. The number of hydrogen-bond acceptors (Lipinski definition) is 6.